The van der Waals surface area contributed by atoms with Crippen LogP contribution < -0.4 is 26.0 Å². The third-order valence-corrected chi connectivity index (χ3v) is 15.0. The molecule has 0 aliphatic carbocycles. The predicted molar refractivity (Wildman–Crippen MR) is 273 cm³/mol. The third kappa shape index (κ3) is 5.65. The molecular formula is C58H51BN2OS. The van der Waals surface area contributed by atoms with Crippen molar-refractivity contribution < 1.29 is 4.74 Å². The van der Waals surface area contributed by atoms with Crippen molar-refractivity contribution in [3.8, 4) is 17.2 Å². The van der Waals surface area contributed by atoms with Crippen LogP contribution in [0.5, 0.6) is 11.5 Å². The lowest BCUT2D eigenvalue weighted by molar-refractivity contribution is 0.482. The van der Waals surface area contributed by atoms with Gasteiger partial charge in [-0.1, -0.05) is 153 Å². The van der Waals surface area contributed by atoms with Crippen molar-refractivity contribution in [3.05, 3.63) is 162 Å². The average Bonchev–Trinajstić information content (AvgIpc) is 3.80. The molecule has 0 bridgehead atoms. The molecular weight excluding hydrogens is 784 g/mol. The van der Waals surface area contributed by atoms with Gasteiger partial charge in [0.2, 0.25) is 0 Å². The van der Waals surface area contributed by atoms with Crippen molar-refractivity contribution in [1.82, 2.24) is 4.57 Å². The molecule has 0 radical (unpaired) electrons. The van der Waals surface area contributed by atoms with Crippen molar-refractivity contribution in [2.75, 3.05) is 4.90 Å². The molecule has 8 aromatic carbocycles. The van der Waals surface area contributed by atoms with Crippen molar-refractivity contribution in [3.63, 3.8) is 0 Å². The number of benzene rings is 8. The third-order valence-electron chi connectivity index (χ3n) is 13.9. The quantitative estimate of drug-likeness (QED) is 0.161. The monoisotopic (exact) mass is 834 g/mol. The first-order chi connectivity index (χ1) is 30.1. The zero-order chi connectivity index (χ0) is 43.3. The molecule has 0 unspecified atom stereocenters. The van der Waals surface area contributed by atoms with Gasteiger partial charge < -0.3 is 14.2 Å². The van der Waals surface area contributed by atoms with Gasteiger partial charge in [-0.2, -0.15) is 0 Å². The molecule has 2 aliphatic heterocycles. The molecule has 308 valence electrons. The van der Waals surface area contributed by atoms with Gasteiger partial charge in [0.1, 0.15) is 11.5 Å². The molecule has 0 amide bonds. The second-order valence-corrected chi connectivity index (χ2v) is 22.1. The number of fused-ring (bicyclic) bond motifs is 12. The first kappa shape index (κ1) is 38.4. The summed E-state index contributed by atoms with van der Waals surface area (Å²) in [6.07, 6.45) is 0. The van der Waals surface area contributed by atoms with E-state index in [1.54, 1.807) is 0 Å². The highest BCUT2D eigenvalue weighted by molar-refractivity contribution is 7.26. The largest absolute Gasteiger partial charge is 0.456 e. The minimum absolute atomic E-state index is 0.0479. The Morgan fingerprint density at radius 3 is 1.90 bits per heavy atom. The van der Waals surface area contributed by atoms with Gasteiger partial charge in [0.25, 0.3) is 6.71 Å². The van der Waals surface area contributed by atoms with E-state index in [9.17, 15) is 0 Å². The molecule has 4 heterocycles. The van der Waals surface area contributed by atoms with Crippen LogP contribution in [0.15, 0.2) is 146 Å². The van der Waals surface area contributed by atoms with Crippen LogP contribution in [0.25, 0.3) is 58.4 Å². The summed E-state index contributed by atoms with van der Waals surface area (Å²) >= 11 is 1.89. The van der Waals surface area contributed by atoms with E-state index in [-0.39, 0.29) is 23.0 Å². The van der Waals surface area contributed by atoms with E-state index in [4.69, 9.17) is 4.74 Å². The van der Waals surface area contributed by atoms with Gasteiger partial charge >= 0.3 is 0 Å². The van der Waals surface area contributed by atoms with Gasteiger partial charge in [-0.3, -0.25) is 0 Å². The predicted octanol–water partition coefficient (Wildman–Crippen LogP) is 14.6. The standard InChI is InChI=1S/C58H51BN2OS/c1-56(2,3)35-23-26-38(27-24-35)60-45-29-25-36(57(4,5)6)30-42(45)59-43-33-50-52(41-19-13-15-21-49(41)63-50)54(55(43)62-48-32-37(58(7,8)9)31-47(60)53(48)59)61-44-20-14-12-18-40(44)51-39-17-11-10-16-34(39)22-28-46(51)61/h10-33H,1-9H3. The summed E-state index contributed by atoms with van der Waals surface area (Å²) in [5, 5.41) is 7.51. The van der Waals surface area contributed by atoms with Gasteiger partial charge in [-0.25, -0.2) is 0 Å². The van der Waals surface area contributed by atoms with E-state index in [1.165, 1.54) is 97.2 Å². The van der Waals surface area contributed by atoms with E-state index in [1.807, 2.05) is 11.3 Å². The number of rotatable bonds is 2. The maximum absolute atomic E-state index is 7.74. The highest BCUT2D eigenvalue weighted by Gasteiger charge is 2.45. The maximum atomic E-state index is 7.74. The number of ether oxygens (including phenoxy) is 1. The SMILES string of the molecule is CC(C)(C)c1ccc(N2c3ccc(C(C)(C)C)cc3B3c4cc5sc6ccccc6c5c(-n5c6ccccc6c6c7ccccc7ccc65)c4Oc4cc(C(C)(C)C)cc2c43)cc1. The van der Waals surface area contributed by atoms with Crippen LogP contribution in [-0.2, 0) is 16.2 Å². The van der Waals surface area contributed by atoms with Crippen LogP contribution in [0.4, 0.5) is 17.1 Å². The lowest BCUT2D eigenvalue weighted by atomic mass is 9.33. The highest BCUT2D eigenvalue weighted by atomic mass is 32.1. The minimum atomic E-state index is -0.132. The molecule has 10 aromatic rings. The van der Waals surface area contributed by atoms with Crippen LogP contribution in [0.1, 0.15) is 79.0 Å². The van der Waals surface area contributed by atoms with Gasteiger partial charge in [0.05, 0.1) is 16.7 Å². The molecule has 63 heavy (non-hydrogen) atoms. The topological polar surface area (TPSA) is 17.4 Å². The molecule has 0 saturated heterocycles. The number of aromatic nitrogens is 1. The fourth-order valence-electron chi connectivity index (χ4n) is 10.5. The minimum Gasteiger partial charge on any atom is -0.456 e. The normalized spacial score (nSPS) is 13.9. The van der Waals surface area contributed by atoms with Crippen LogP contribution in [0.2, 0.25) is 0 Å². The summed E-state index contributed by atoms with van der Waals surface area (Å²) < 4.78 is 12.8. The average molecular weight is 835 g/mol. The van der Waals surface area contributed by atoms with Crippen LogP contribution in [0, 0.1) is 0 Å². The lowest BCUT2D eigenvalue weighted by Crippen LogP contribution is -2.60. The number of anilines is 3. The van der Waals surface area contributed by atoms with Crippen LogP contribution in [-0.4, -0.2) is 11.3 Å². The highest BCUT2D eigenvalue weighted by Crippen LogP contribution is 2.50. The molecule has 12 rings (SSSR count). The number of thiophene rings is 1. The summed E-state index contributed by atoms with van der Waals surface area (Å²) in [6.45, 7) is 20.7. The Balaban J connectivity index is 1.24. The molecule has 0 saturated carbocycles. The van der Waals surface area contributed by atoms with E-state index in [0.717, 1.165) is 22.9 Å². The van der Waals surface area contributed by atoms with Gasteiger partial charge in [0, 0.05) is 48.0 Å². The Morgan fingerprint density at radius 1 is 0.492 bits per heavy atom. The summed E-state index contributed by atoms with van der Waals surface area (Å²) in [7, 11) is 0. The Morgan fingerprint density at radius 2 is 1.16 bits per heavy atom. The first-order valence-corrected chi connectivity index (χ1v) is 23.3. The summed E-state index contributed by atoms with van der Waals surface area (Å²) in [4.78, 5) is 2.52. The number of hydrogen-bond acceptors (Lipinski definition) is 3. The molecule has 0 atom stereocenters. The molecule has 2 aromatic heterocycles. The molecule has 0 N–H and O–H groups in total. The Labute approximate surface area is 374 Å². The van der Waals surface area contributed by atoms with E-state index >= 15 is 0 Å². The van der Waals surface area contributed by atoms with Crippen LogP contribution >= 0.6 is 11.3 Å². The Bertz CT molecular complexity index is 3550. The molecule has 5 heteroatoms. The lowest BCUT2D eigenvalue weighted by Gasteiger charge is -2.42. The first-order valence-electron chi connectivity index (χ1n) is 22.5. The van der Waals surface area contributed by atoms with Gasteiger partial charge in [0.15, 0.2) is 0 Å². The summed E-state index contributed by atoms with van der Waals surface area (Å²) in [6, 6.07) is 55.2. The Kier molecular flexibility index (Phi) is 8.00. The fraction of sp³-hybridized carbons (Fsp3) is 0.207. The summed E-state index contributed by atoms with van der Waals surface area (Å²) in [5.41, 5.74) is 14.6. The van der Waals surface area contributed by atoms with E-state index in [0.29, 0.717) is 0 Å². The van der Waals surface area contributed by atoms with Gasteiger partial charge in [-0.05, 0) is 115 Å². The van der Waals surface area contributed by atoms with Crippen LogP contribution in [0.3, 0.4) is 0 Å². The number of para-hydroxylation sites is 1. The Hall–Kier alpha value is -6.30. The number of hydrogen-bond donors (Lipinski definition) is 0. The van der Waals surface area contributed by atoms with Crippen molar-refractivity contribution in [2.45, 2.75) is 78.6 Å². The van der Waals surface area contributed by atoms with Gasteiger partial charge in [-0.15, -0.1) is 11.3 Å². The van der Waals surface area contributed by atoms with E-state index < -0.39 is 0 Å². The van der Waals surface area contributed by atoms with Crippen molar-refractivity contribution >= 4 is 104 Å². The molecule has 3 nitrogen and oxygen atoms in total. The smallest absolute Gasteiger partial charge is 0.256 e. The van der Waals surface area contributed by atoms with Crippen molar-refractivity contribution in [2.24, 2.45) is 0 Å². The van der Waals surface area contributed by atoms with E-state index in [2.05, 4.69) is 217 Å². The second-order valence-electron chi connectivity index (χ2n) is 21.0. The molecule has 0 spiro atoms. The fourth-order valence-corrected chi connectivity index (χ4v) is 11.7. The second kappa shape index (κ2) is 13.1. The molecule has 0 fully saturated rings. The van der Waals surface area contributed by atoms with Crippen molar-refractivity contribution in [1.29, 1.82) is 0 Å². The maximum Gasteiger partial charge on any atom is 0.256 e. The summed E-state index contributed by atoms with van der Waals surface area (Å²) in [5.74, 6) is 1.87. The molecule has 2 aliphatic rings. The zero-order valence-electron chi connectivity index (χ0n) is 37.6. The zero-order valence-corrected chi connectivity index (χ0v) is 38.5. The number of nitrogens with zero attached hydrogens (tertiary/aromatic N) is 2.